The summed E-state index contributed by atoms with van der Waals surface area (Å²) in [7, 11) is 0. The maximum absolute atomic E-state index is 13.0. The van der Waals surface area contributed by atoms with Crippen molar-refractivity contribution >= 4 is 23.5 Å². The fourth-order valence-electron chi connectivity index (χ4n) is 2.07. The van der Waals surface area contributed by atoms with Crippen molar-refractivity contribution in [2.45, 2.75) is 13.0 Å². The Morgan fingerprint density at radius 1 is 1.17 bits per heavy atom. The smallest absolute Gasteiger partial charge is 0.338 e. The molecule has 0 bridgehead atoms. The number of carbonyl (C=O) groups is 2. The van der Waals surface area contributed by atoms with E-state index in [1.165, 1.54) is 0 Å². The van der Waals surface area contributed by atoms with Gasteiger partial charge < -0.3 is 10.1 Å². The molecule has 1 atom stereocenters. The van der Waals surface area contributed by atoms with Gasteiger partial charge in [-0.15, -0.1) is 0 Å². The minimum absolute atomic E-state index is 0.306. The molecular weight excluding hydrogens is 340 g/mol. The summed E-state index contributed by atoms with van der Waals surface area (Å²) in [6.45, 7) is 1.15. The van der Waals surface area contributed by atoms with E-state index in [2.05, 4.69) is 5.32 Å². The van der Waals surface area contributed by atoms with Crippen LogP contribution in [0.25, 0.3) is 0 Å². The quantitative estimate of drug-likeness (QED) is 0.835. The monoisotopic (exact) mass is 353 g/mol. The normalized spacial score (nSPS) is 11.7. The molecule has 7 heteroatoms. The van der Waals surface area contributed by atoms with Gasteiger partial charge in [-0.3, -0.25) is 4.79 Å². The molecule has 0 radical (unpaired) electrons. The third-order valence-electron chi connectivity index (χ3n) is 3.18. The second-order valence-corrected chi connectivity index (χ2v) is 5.45. The van der Waals surface area contributed by atoms with Crippen molar-refractivity contribution < 1.29 is 23.1 Å². The van der Waals surface area contributed by atoms with Crippen LogP contribution in [0.1, 0.15) is 28.9 Å². The first-order chi connectivity index (χ1) is 11.4. The van der Waals surface area contributed by atoms with E-state index in [-0.39, 0.29) is 5.56 Å². The van der Waals surface area contributed by atoms with Crippen molar-refractivity contribution in [2.24, 2.45) is 0 Å². The van der Waals surface area contributed by atoms with Gasteiger partial charge in [-0.05, 0) is 30.7 Å². The third-order valence-corrected chi connectivity index (χ3v) is 3.53. The lowest BCUT2D eigenvalue weighted by Crippen LogP contribution is -2.31. The van der Waals surface area contributed by atoms with Gasteiger partial charge in [-0.2, -0.15) is 0 Å². The molecule has 126 valence electrons. The molecule has 1 amide bonds. The molecule has 0 spiro atoms. The summed E-state index contributed by atoms with van der Waals surface area (Å²) in [6.07, 6.45) is 0. The average molecular weight is 354 g/mol. The summed E-state index contributed by atoms with van der Waals surface area (Å²) in [5, 5.41) is 3.12. The summed E-state index contributed by atoms with van der Waals surface area (Å²) in [5.74, 6) is -3.36. The summed E-state index contributed by atoms with van der Waals surface area (Å²) in [5.41, 5.74) is 0.408. The number of esters is 1. The number of hydrogen-bond donors (Lipinski definition) is 1. The van der Waals surface area contributed by atoms with Crippen LogP contribution in [0.3, 0.4) is 0 Å². The molecule has 0 fully saturated rings. The lowest BCUT2D eigenvalue weighted by Gasteiger charge is -2.15. The fraction of sp³-hybridized carbons (Fsp3) is 0.176. The summed E-state index contributed by atoms with van der Waals surface area (Å²) < 4.78 is 30.8. The van der Waals surface area contributed by atoms with Gasteiger partial charge in [0.05, 0.1) is 11.6 Å². The van der Waals surface area contributed by atoms with Crippen molar-refractivity contribution in [3.8, 4) is 0 Å². The van der Waals surface area contributed by atoms with Gasteiger partial charge in [0.15, 0.2) is 6.61 Å². The zero-order valence-corrected chi connectivity index (χ0v) is 13.4. The van der Waals surface area contributed by atoms with Gasteiger partial charge in [0.1, 0.15) is 11.6 Å². The number of amides is 1. The van der Waals surface area contributed by atoms with Gasteiger partial charge in [0, 0.05) is 11.1 Å². The molecule has 2 aromatic carbocycles. The SMILES string of the molecule is C[C@@H](NC(=O)COC(=O)c1cc(F)cc(F)c1)c1ccccc1Cl. The fourth-order valence-corrected chi connectivity index (χ4v) is 2.37. The zero-order valence-electron chi connectivity index (χ0n) is 12.7. The highest BCUT2D eigenvalue weighted by Crippen LogP contribution is 2.21. The van der Waals surface area contributed by atoms with Crippen LogP contribution in [-0.2, 0) is 9.53 Å². The number of nitrogens with one attached hydrogen (secondary N) is 1. The van der Waals surface area contributed by atoms with Crippen LogP contribution < -0.4 is 5.32 Å². The molecule has 24 heavy (non-hydrogen) atoms. The maximum Gasteiger partial charge on any atom is 0.338 e. The molecular formula is C17H14ClF2NO3. The van der Waals surface area contributed by atoms with Crippen LogP contribution in [0, 0.1) is 11.6 Å². The van der Waals surface area contributed by atoms with E-state index in [4.69, 9.17) is 16.3 Å². The molecule has 0 aliphatic heterocycles. The molecule has 0 heterocycles. The van der Waals surface area contributed by atoms with E-state index >= 15 is 0 Å². The Morgan fingerprint density at radius 3 is 2.42 bits per heavy atom. The van der Waals surface area contributed by atoms with Gasteiger partial charge in [0.25, 0.3) is 5.91 Å². The molecule has 2 aromatic rings. The van der Waals surface area contributed by atoms with Gasteiger partial charge in [-0.1, -0.05) is 29.8 Å². The average Bonchev–Trinajstić information content (AvgIpc) is 2.52. The van der Waals surface area contributed by atoms with Crippen LogP contribution >= 0.6 is 11.6 Å². The first-order valence-electron chi connectivity index (χ1n) is 7.04. The number of rotatable bonds is 5. The Hall–Kier alpha value is -2.47. The Morgan fingerprint density at radius 2 is 1.79 bits per heavy atom. The highest BCUT2D eigenvalue weighted by molar-refractivity contribution is 6.31. The van der Waals surface area contributed by atoms with E-state index in [0.717, 1.165) is 12.1 Å². The summed E-state index contributed by atoms with van der Waals surface area (Å²) in [4.78, 5) is 23.5. The molecule has 4 nitrogen and oxygen atoms in total. The molecule has 1 N–H and O–H groups in total. The second kappa shape index (κ2) is 7.88. The first-order valence-corrected chi connectivity index (χ1v) is 7.41. The largest absolute Gasteiger partial charge is 0.452 e. The Balaban J connectivity index is 1.91. The van der Waals surface area contributed by atoms with Gasteiger partial charge in [-0.25, -0.2) is 13.6 Å². The third kappa shape index (κ3) is 4.76. The predicted octanol–water partition coefficient (Wildman–Crippen LogP) is 3.65. The second-order valence-electron chi connectivity index (χ2n) is 5.04. The van der Waals surface area contributed by atoms with Crippen molar-refractivity contribution in [1.29, 1.82) is 0 Å². The Labute approximate surface area is 142 Å². The highest BCUT2D eigenvalue weighted by Gasteiger charge is 2.15. The number of hydrogen-bond acceptors (Lipinski definition) is 3. The van der Waals surface area contributed by atoms with Crippen molar-refractivity contribution in [2.75, 3.05) is 6.61 Å². The molecule has 0 unspecified atom stereocenters. The van der Waals surface area contributed by atoms with Crippen LogP contribution in [0.15, 0.2) is 42.5 Å². The summed E-state index contributed by atoms with van der Waals surface area (Å²) in [6, 6.07) is 8.90. The standard InChI is InChI=1S/C17H14ClF2NO3/c1-10(14-4-2-3-5-15(14)18)21-16(22)9-24-17(23)11-6-12(19)8-13(20)7-11/h2-8,10H,9H2,1H3,(H,21,22)/t10-/m1/s1. The van der Waals surface area contributed by atoms with Crippen molar-refractivity contribution in [3.05, 3.63) is 70.2 Å². The predicted molar refractivity (Wildman–Crippen MR) is 84.7 cm³/mol. The van der Waals surface area contributed by atoms with Crippen LogP contribution in [-0.4, -0.2) is 18.5 Å². The number of carbonyl (C=O) groups excluding carboxylic acids is 2. The molecule has 2 rings (SSSR count). The molecule has 0 saturated heterocycles. The van der Waals surface area contributed by atoms with E-state index in [1.54, 1.807) is 31.2 Å². The number of benzene rings is 2. The first kappa shape index (κ1) is 17.9. The lowest BCUT2D eigenvalue weighted by molar-refractivity contribution is -0.124. The minimum atomic E-state index is -0.992. The van der Waals surface area contributed by atoms with Gasteiger partial charge >= 0.3 is 5.97 Å². The molecule has 0 aliphatic rings. The zero-order chi connectivity index (χ0) is 17.7. The topological polar surface area (TPSA) is 55.4 Å². The van der Waals surface area contributed by atoms with Crippen LogP contribution in [0.4, 0.5) is 8.78 Å². The Bertz CT molecular complexity index is 747. The Kier molecular flexibility index (Phi) is 5.87. The van der Waals surface area contributed by atoms with Crippen molar-refractivity contribution in [1.82, 2.24) is 5.32 Å². The minimum Gasteiger partial charge on any atom is -0.452 e. The van der Waals surface area contributed by atoms with Crippen LogP contribution in [0.2, 0.25) is 5.02 Å². The van der Waals surface area contributed by atoms with E-state index in [1.807, 2.05) is 0 Å². The molecule has 0 aliphatic carbocycles. The lowest BCUT2D eigenvalue weighted by atomic mass is 10.1. The highest BCUT2D eigenvalue weighted by atomic mass is 35.5. The maximum atomic E-state index is 13.0. The molecule has 0 aromatic heterocycles. The van der Waals surface area contributed by atoms with E-state index < -0.39 is 36.2 Å². The molecule has 0 saturated carbocycles. The van der Waals surface area contributed by atoms with E-state index in [0.29, 0.717) is 16.7 Å². The van der Waals surface area contributed by atoms with Crippen LogP contribution in [0.5, 0.6) is 0 Å². The van der Waals surface area contributed by atoms with Gasteiger partial charge in [0.2, 0.25) is 0 Å². The number of ether oxygens (including phenoxy) is 1. The summed E-state index contributed by atoms with van der Waals surface area (Å²) >= 11 is 6.03. The van der Waals surface area contributed by atoms with E-state index in [9.17, 15) is 18.4 Å². The number of halogens is 3. The van der Waals surface area contributed by atoms with Crippen molar-refractivity contribution in [3.63, 3.8) is 0 Å².